The van der Waals surface area contributed by atoms with Gasteiger partial charge >= 0.3 is 0 Å². The Morgan fingerprint density at radius 3 is 1.69 bits per heavy atom. The second kappa shape index (κ2) is 15.1. The zero-order chi connectivity index (χ0) is 44.8. The summed E-state index contributed by atoms with van der Waals surface area (Å²) >= 11 is 0. The second-order valence-corrected chi connectivity index (χ2v) is 17.9. The van der Waals surface area contributed by atoms with Gasteiger partial charge in [-0.1, -0.05) is 188 Å². The molecular weight excluding hydrogens is 827 g/mol. The van der Waals surface area contributed by atoms with Gasteiger partial charge in [-0.2, -0.15) is 0 Å². The molecule has 0 aliphatic heterocycles. The first-order valence-corrected chi connectivity index (χ1v) is 23.3. The van der Waals surface area contributed by atoms with E-state index in [1.807, 2.05) is 12.1 Å². The van der Waals surface area contributed by atoms with Gasteiger partial charge in [-0.25, -0.2) is 0 Å². The summed E-state index contributed by atoms with van der Waals surface area (Å²) in [5, 5.41) is 6.81. The van der Waals surface area contributed by atoms with Crippen LogP contribution in [-0.2, 0) is 5.41 Å². The first kappa shape index (κ1) is 38.4. The van der Waals surface area contributed by atoms with Crippen molar-refractivity contribution in [1.82, 2.24) is 0 Å². The van der Waals surface area contributed by atoms with E-state index in [1.54, 1.807) is 0 Å². The highest BCUT2D eigenvalue weighted by atomic mass is 16.3. The standard InChI is InChI=1S/C65H41NO2/c1-3-16-46(17-4-1)65(47-18-5-2-6-19-47)56-24-11-9-22-54(56)63-57(65)25-14-26-58(63)66(48-35-29-42(30-36-48)45-34-39-53-52-21-10-12-27-59(52)67-61(53)41-45)49-37-31-44(32-38-49)50-23-13-28-60-62(50)55-40-33-43-15-7-8-20-51(43)64(55)68-60/h1-41H. The van der Waals surface area contributed by atoms with Crippen LogP contribution in [0.15, 0.2) is 258 Å². The lowest BCUT2D eigenvalue weighted by molar-refractivity contribution is 0.669. The van der Waals surface area contributed by atoms with Gasteiger partial charge in [0.1, 0.15) is 22.3 Å². The molecular formula is C65H41NO2. The maximum atomic E-state index is 6.62. The van der Waals surface area contributed by atoms with Gasteiger partial charge in [0.2, 0.25) is 0 Å². The predicted octanol–water partition coefficient (Wildman–Crippen LogP) is 17.8. The van der Waals surface area contributed by atoms with Gasteiger partial charge in [0.25, 0.3) is 0 Å². The van der Waals surface area contributed by atoms with E-state index in [2.05, 4.69) is 241 Å². The molecule has 1 aliphatic carbocycles. The van der Waals surface area contributed by atoms with E-state index >= 15 is 0 Å². The molecule has 0 saturated heterocycles. The van der Waals surface area contributed by atoms with Crippen LogP contribution in [0.2, 0.25) is 0 Å². The van der Waals surface area contributed by atoms with Crippen molar-refractivity contribution in [2.45, 2.75) is 5.41 Å². The number of hydrogen-bond donors (Lipinski definition) is 0. The summed E-state index contributed by atoms with van der Waals surface area (Å²) in [5.74, 6) is 0. The van der Waals surface area contributed by atoms with Gasteiger partial charge in [0.05, 0.1) is 11.1 Å². The molecule has 0 atom stereocenters. The molecule has 0 bridgehead atoms. The van der Waals surface area contributed by atoms with Crippen LogP contribution in [0.5, 0.6) is 0 Å². The van der Waals surface area contributed by atoms with Crippen LogP contribution in [0.25, 0.3) is 88.0 Å². The van der Waals surface area contributed by atoms with E-state index in [4.69, 9.17) is 8.83 Å². The van der Waals surface area contributed by atoms with Crippen LogP contribution in [-0.4, -0.2) is 0 Å². The number of furan rings is 2. The van der Waals surface area contributed by atoms with Crippen molar-refractivity contribution in [2.75, 3.05) is 4.90 Å². The normalized spacial score (nSPS) is 12.8. The van der Waals surface area contributed by atoms with Crippen LogP contribution < -0.4 is 4.90 Å². The molecule has 3 nitrogen and oxygen atoms in total. The van der Waals surface area contributed by atoms with E-state index in [0.29, 0.717) is 0 Å². The van der Waals surface area contributed by atoms with Gasteiger partial charge in [-0.05, 0) is 116 Å². The van der Waals surface area contributed by atoms with Gasteiger partial charge in [0.15, 0.2) is 0 Å². The Morgan fingerprint density at radius 1 is 0.338 bits per heavy atom. The molecule has 0 N–H and O–H groups in total. The lowest BCUT2D eigenvalue weighted by atomic mass is 9.68. The van der Waals surface area contributed by atoms with Crippen LogP contribution in [0.3, 0.4) is 0 Å². The first-order chi connectivity index (χ1) is 33.7. The topological polar surface area (TPSA) is 29.5 Å². The van der Waals surface area contributed by atoms with Crippen molar-refractivity contribution in [2.24, 2.45) is 0 Å². The van der Waals surface area contributed by atoms with Crippen LogP contribution in [0, 0.1) is 0 Å². The van der Waals surface area contributed by atoms with Crippen LogP contribution >= 0.6 is 0 Å². The molecule has 0 saturated carbocycles. The Bertz CT molecular complexity index is 4030. The minimum atomic E-state index is -0.531. The molecule has 13 aromatic rings. The summed E-state index contributed by atoms with van der Waals surface area (Å²) in [4.78, 5) is 2.44. The lowest BCUT2D eigenvalue weighted by Gasteiger charge is -2.34. The minimum absolute atomic E-state index is 0.531. The molecule has 0 amide bonds. The van der Waals surface area contributed by atoms with E-state index in [1.165, 1.54) is 38.8 Å². The molecule has 2 aromatic heterocycles. The van der Waals surface area contributed by atoms with Gasteiger partial charge in [-0.15, -0.1) is 0 Å². The highest BCUT2D eigenvalue weighted by Gasteiger charge is 2.47. The van der Waals surface area contributed by atoms with Crippen LogP contribution in [0.1, 0.15) is 22.3 Å². The van der Waals surface area contributed by atoms with Crippen molar-refractivity contribution < 1.29 is 8.83 Å². The number of nitrogens with zero attached hydrogens (tertiary/aromatic N) is 1. The average Bonchev–Trinajstić information content (AvgIpc) is 4.08. The zero-order valence-electron chi connectivity index (χ0n) is 36.9. The van der Waals surface area contributed by atoms with Crippen molar-refractivity contribution in [3.8, 4) is 33.4 Å². The van der Waals surface area contributed by atoms with Gasteiger partial charge in [0, 0.05) is 43.9 Å². The Hall–Kier alpha value is -8.92. The third-order valence-corrected chi connectivity index (χ3v) is 14.4. The Morgan fingerprint density at radius 2 is 0.912 bits per heavy atom. The van der Waals surface area contributed by atoms with Crippen molar-refractivity contribution in [1.29, 1.82) is 0 Å². The summed E-state index contributed by atoms with van der Waals surface area (Å²) in [6.07, 6.45) is 0. The molecule has 3 heteroatoms. The van der Waals surface area contributed by atoms with E-state index < -0.39 is 5.41 Å². The quantitative estimate of drug-likeness (QED) is 0.160. The number of benzene rings is 11. The van der Waals surface area contributed by atoms with E-state index in [0.717, 1.165) is 88.6 Å². The maximum absolute atomic E-state index is 6.62. The first-order valence-electron chi connectivity index (χ1n) is 23.3. The molecule has 0 radical (unpaired) electrons. The number of hydrogen-bond acceptors (Lipinski definition) is 3. The third-order valence-electron chi connectivity index (χ3n) is 14.4. The summed E-state index contributed by atoms with van der Waals surface area (Å²) in [5.41, 5.74) is 18.3. The SMILES string of the molecule is c1ccc(C2(c3ccccc3)c3ccccc3-c3c(N(c4ccc(-c5ccc6c(c5)oc5ccccc56)cc4)c4ccc(-c5cccc6oc7c8ccccc8ccc7c56)cc4)cccc32)cc1. The van der Waals surface area contributed by atoms with Crippen molar-refractivity contribution in [3.63, 3.8) is 0 Å². The van der Waals surface area contributed by atoms with Crippen LogP contribution in [0.4, 0.5) is 17.1 Å². The number of para-hydroxylation sites is 1. The minimum Gasteiger partial charge on any atom is -0.456 e. The summed E-state index contributed by atoms with van der Waals surface area (Å²) < 4.78 is 12.9. The van der Waals surface area contributed by atoms with Gasteiger partial charge in [-0.3, -0.25) is 0 Å². The molecule has 0 unspecified atom stereocenters. The molecule has 318 valence electrons. The zero-order valence-corrected chi connectivity index (χ0v) is 36.9. The van der Waals surface area contributed by atoms with Crippen molar-refractivity contribution >= 4 is 71.7 Å². The fourth-order valence-electron chi connectivity index (χ4n) is 11.4. The smallest absolute Gasteiger partial charge is 0.143 e. The Labute approximate surface area is 393 Å². The molecule has 0 fully saturated rings. The Balaban J connectivity index is 0.957. The summed E-state index contributed by atoms with van der Waals surface area (Å²) in [7, 11) is 0. The fraction of sp³-hybridized carbons (Fsp3) is 0.0154. The monoisotopic (exact) mass is 867 g/mol. The van der Waals surface area contributed by atoms with Gasteiger partial charge < -0.3 is 13.7 Å². The maximum Gasteiger partial charge on any atom is 0.143 e. The van der Waals surface area contributed by atoms with E-state index in [-0.39, 0.29) is 0 Å². The predicted molar refractivity (Wildman–Crippen MR) is 281 cm³/mol. The van der Waals surface area contributed by atoms with E-state index in [9.17, 15) is 0 Å². The summed E-state index contributed by atoms with van der Waals surface area (Å²) in [6.45, 7) is 0. The summed E-state index contributed by atoms with van der Waals surface area (Å²) in [6, 6.07) is 90.1. The highest BCUT2D eigenvalue weighted by molar-refractivity contribution is 6.19. The largest absolute Gasteiger partial charge is 0.456 e. The molecule has 0 spiro atoms. The number of anilines is 3. The highest BCUT2D eigenvalue weighted by Crippen LogP contribution is 2.59. The fourth-order valence-corrected chi connectivity index (χ4v) is 11.4. The average molecular weight is 868 g/mol. The third kappa shape index (κ3) is 5.66. The molecule has 1 aliphatic rings. The Kier molecular flexibility index (Phi) is 8.50. The molecule has 14 rings (SSSR count). The second-order valence-electron chi connectivity index (χ2n) is 17.9. The van der Waals surface area contributed by atoms with Crippen molar-refractivity contribution in [3.05, 3.63) is 271 Å². The lowest BCUT2D eigenvalue weighted by Crippen LogP contribution is -2.28. The molecule has 68 heavy (non-hydrogen) atoms. The molecule has 11 aromatic carbocycles. The molecule has 2 heterocycles. The number of fused-ring (bicyclic) bond motifs is 11. The number of rotatable bonds is 7.